The van der Waals surface area contributed by atoms with Gasteiger partial charge in [0.15, 0.2) is 0 Å². The van der Waals surface area contributed by atoms with Crippen LogP contribution in [0.3, 0.4) is 0 Å². The van der Waals surface area contributed by atoms with Crippen LogP contribution in [0.15, 0.2) is 48.5 Å². The molecule has 0 aliphatic carbocycles. The van der Waals surface area contributed by atoms with E-state index in [4.69, 9.17) is 16.3 Å². The second-order valence-electron chi connectivity index (χ2n) is 8.22. The zero-order valence-electron chi connectivity index (χ0n) is 16.9. The van der Waals surface area contributed by atoms with Crippen molar-refractivity contribution in [2.45, 2.75) is 32.2 Å². The number of rotatable bonds is 5. The maximum Gasteiger partial charge on any atom is 0.251 e. The fraction of sp³-hybridized carbons (Fsp3) is 0.435. The van der Waals surface area contributed by atoms with Gasteiger partial charge in [0, 0.05) is 30.2 Å². The van der Waals surface area contributed by atoms with Crippen molar-refractivity contribution in [1.29, 1.82) is 0 Å². The Morgan fingerprint density at radius 1 is 1.11 bits per heavy atom. The fourth-order valence-corrected chi connectivity index (χ4v) is 3.74. The van der Waals surface area contributed by atoms with E-state index in [0.29, 0.717) is 25.3 Å². The minimum Gasteiger partial charge on any atom is -0.379 e. The fourth-order valence-electron chi connectivity index (χ4n) is 3.48. The first-order valence-corrected chi connectivity index (χ1v) is 10.2. The molecule has 2 aromatic carbocycles. The van der Waals surface area contributed by atoms with E-state index in [1.807, 2.05) is 48.5 Å². The molecule has 0 bridgehead atoms. The Kier molecular flexibility index (Phi) is 6.76. The van der Waals surface area contributed by atoms with Gasteiger partial charge in [-0.25, -0.2) is 0 Å². The molecular formula is C23H29ClN2O2. The third-order valence-corrected chi connectivity index (χ3v) is 5.56. The molecule has 2 aromatic rings. The van der Waals surface area contributed by atoms with Crippen LogP contribution in [0.2, 0.25) is 5.02 Å². The van der Waals surface area contributed by atoms with Gasteiger partial charge in [0.25, 0.3) is 5.91 Å². The number of halogens is 1. The molecule has 1 heterocycles. The summed E-state index contributed by atoms with van der Waals surface area (Å²) >= 11 is 6.46. The standard InChI is InChI=1S/C23H29ClN2O2/c1-23(2,3)18-10-8-17(9-11-18)22(27)25-16-21(26-12-14-28-15-13-26)19-6-4-5-7-20(19)24/h4-11,21H,12-16H2,1-3H3,(H,25,27)/t21-/m1/s1. The Bertz CT molecular complexity index is 793. The van der Waals surface area contributed by atoms with Crippen molar-refractivity contribution in [2.24, 2.45) is 0 Å². The Morgan fingerprint density at radius 3 is 2.36 bits per heavy atom. The highest BCUT2D eigenvalue weighted by Crippen LogP contribution is 2.28. The van der Waals surface area contributed by atoms with Crippen LogP contribution in [-0.2, 0) is 10.2 Å². The van der Waals surface area contributed by atoms with E-state index in [9.17, 15) is 4.79 Å². The van der Waals surface area contributed by atoms with Gasteiger partial charge in [-0.2, -0.15) is 0 Å². The van der Waals surface area contributed by atoms with Crippen LogP contribution in [0.25, 0.3) is 0 Å². The van der Waals surface area contributed by atoms with E-state index in [-0.39, 0.29) is 17.4 Å². The normalized spacial score (nSPS) is 16.6. The largest absolute Gasteiger partial charge is 0.379 e. The number of amides is 1. The summed E-state index contributed by atoms with van der Waals surface area (Å²) in [7, 11) is 0. The molecule has 0 aromatic heterocycles. The van der Waals surface area contributed by atoms with Gasteiger partial charge in [0.05, 0.1) is 19.3 Å². The molecule has 1 saturated heterocycles. The van der Waals surface area contributed by atoms with Crippen LogP contribution in [0, 0.1) is 0 Å². The number of nitrogens with one attached hydrogen (secondary N) is 1. The van der Waals surface area contributed by atoms with Crippen molar-refractivity contribution >= 4 is 17.5 Å². The number of hydrogen-bond donors (Lipinski definition) is 1. The van der Waals surface area contributed by atoms with E-state index >= 15 is 0 Å². The molecule has 0 spiro atoms. The SMILES string of the molecule is CC(C)(C)c1ccc(C(=O)NC[C@H](c2ccccc2Cl)N2CCOCC2)cc1. The van der Waals surface area contributed by atoms with Crippen molar-refractivity contribution < 1.29 is 9.53 Å². The average molecular weight is 401 g/mol. The number of nitrogens with zero attached hydrogens (tertiary/aromatic N) is 1. The summed E-state index contributed by atoms with van der Waals surface area (Å²) in [5.74, 6) is -0.0641. The van der Waals surface area contributed by atoms with Gasteiger partial charge in [0.1, 0.15) is 0 Å². The molecule has 3 rings (SSSR count). The highest BCUT2D eigenvalue weighted by molar-refractivity contribution is 6.31. The predicted octanol–water partition coefficient (Wildman–Crippen LogP) is 4.44. The Morgan fingerprint density at radius 2 is 1.75 bits per heavy atom. The summed E-state index contributed by atoms with van der Waals surface area (Å²) in [4.78, 5) is 15.0. The highest BCUT2D eigenvalue weighted by atomic mass is 35.5. The van der Waals surface area contributed by atoms with Crippen LogP contribution in [-0.4, -0.2) is 43.7 Å². The summed E-state index contributed by atoms with van der Waals surface area (Å²) in [5, 5.41) is 3.82. The smallest absolute Gasteiger partial charge is 0.251 e. The summed E-state index contributed by atoms with van der Waals surface area (Å²) in [6, 6.07) is 15.7. The van der Waals surface area contributed by atoms with Crippen molar-refractivity contribution in [2.75, 3.05) is 32.8 Å². The number of benzene rings is 2. The average Bonchev–Trinajstić information content (AvgIpc) is 2.69. The highest BCUT2D eigenvalue weighted by Gasteiger charge is 2.25. The molecule has 1 N–H and O–H groups in total. The summed E-state index contributed by atoms with van der Waals surface area (Å²) in [6.07, 6.45) is 0. The summed E-state index contributed by atoms with van der Waals surface area (Å²) in [6.45, 7) is 10.0. The third-order valence-electron chi connectivity index (χ3n) is 5.22. The lowest BCUT2D eigenvalue weighted by Gasteiger charge is -2.35. The maximum absolute atomic E-state index is 12.7. The van der Waals surface area contributed by atoms with Crippen molar-refractivity contribution in [3.05, 3.63) is 70.2 Å². The molecule has 5 heteroatoms. The van der Waals surface area contributed by atoms with Crippen LogP contribution >= 0.6 is 11.6 Å². The predicted molar refractivity (Wildman–Crippen MR) is 114 cm³/mol. The monoisotopic (exact) mass is 400 g/mol. The lowest BCUT2D eigenvalue weighted by Crippen LogP contribution is -2.44. The van der Waals surface area contributed by atoms with Crippen LogP contribution < -0.4 is 5.32 Å². The van der Waals surface area contributed by atoms with Gasteiger partial charge < -0.3 is 10.1 Å². The number of morpholine rings is 1. The van der Waals surface area contributed by atoms with Crippen molar-refractivity contribution in [3.63, 3.8) is 0 Å². The zero-order valence-corrected chi connectivity index (χ0v) is 17.6. The first-order chi connectivity index (χ1) is 13.4. The molecule has 0 radical (unpaired) electrons. The lowest BCUT2D eigenvalue weighted by atomic mass is 9.87. The van der Waals surface area contributed by atoms with Crippen LogP contribution in [0.5, 0.6) is 0 Å². The van der Waals surface area contributed by atoms with E-state index in [1.165, 1.54) is 5.56 Å². The van der Waals surface area contributed by atoms with Gasteiger partial charge in [0.2, 0.25) is 0 Å². The van der Waals surface area contributed by atoms with Gasteiger partial charge in [-0.1, -0.05) is 62.7 Å². The molecule has 0 unspecified atom stereocenters. The molecule has 1 aliphatic heterocycles. The molecule has 1 amide bonds. The van der Waals surface area contributed by atoms with Crippen LogP contribution in [0.4, 0.5) is 0 Å². The lowest BCUT2D eigenvalue weighted by molar-refractivity contribution is 0.0162. The minimum absolute atomic E-state index is 0.0235. The summed E-state index contributed by atoms with van der Waals surface area (Å²) < 4.78 is 5.49. The molecule has 1 aliphatic rings. The Balaban J connectivity index is 1.72. The van der Waals surface area contributed by atoms with Crippen molar-refractivity contribution in [1.82, 2.24) is 10.2 Å². The number of carbonyl (C=O) groups excluding carboxylic acids is 1. The Labute approximate surface area is 172 Å². The number of hydrogen-bond acceptors (Lipinski definition) is 3. The topological polar surface area (TPSA) is 41.6 Å². The molecule has 1 fully saturated rings. The molecule has 4 nitrogen and oxygen atoms in total. The molecule has 0 saturated carbocycles. The van der Waals surface area contributed by atoms with E-state index in [2.05, 4.69) is 31.0 Å². The number of ether oxygens (including phenoxy) is 1. The van der Waals surface area contributed by atoms with E-state index < -0.39 is 0 Å². The van der Waals surface area contributed by atoms with Crippen LogP contribution in [0.1, 0.15) is 48.3 Å². The molecular weight excluding hydrogens is 372 g/mol. The quantitative estimate of drug-likeness (QED) is 0.806. The molecule has 1 atom stereocenters. The summed E-state index contributed by atoms with van der Waals surface area (Å²) in [5.41, 5.74) is 2.99. The minimum atomic E-state index is -0.0641. The Hall–Kier alpha value is -1.88. The first-order valence-electron chi connectivity index (χ1n) is 9.81. The second kappa shape index (κ2) is 9.08. The van der Waals surface area contributed by atoms with Gasteiger partial charge in [-0.3, -0.25) is 9.69 Å². The van der Waals surface area contributed by atoms with Gasteiger partial charge in [-0.05, 0) is 34.7 Å². The molecule has 150 valence electrons. The first kappa shape index (κ1) is 20.8. The maximum atomic E-state index is 12.7. The van der Waals surface area contributed by atoms with E-state index in [1.54, 1.807) is 0 Å². The van der Waals surface area contributed by atoms with Crippen molar-refractivity contribution in [3.8, 4) is 0 Å². The second-order valence-corrected chi connectivity index (χ2v) is 8.63. The van der Waals surface area contributed by atoms with Gasteiger partial charge >= 0.3 is 0 Å². The number of carbonyl (C=O) groups is 1. The van der Waals surface area contributed by atoms with Gasteiger partial charge in [-0.15, -0.1) is 0 Å². The van der Waals surface area contributed by atoms with E-state index in [0.717, 1.165) is 23.7 Å². The third kappa shape index (κ3) is 5.13. The zero-order chi connectivity index (χ0) is 20.1. The molecule has 28 heavy (non-hydrogen) atoms.